The summed E-state index contributed by atoms with van der Waals surface area (Å²) in [7, 11) is 0. The van der Waals surface area contributed by atoms with Crippen LogP contribution in [0.3, 0.4) is 0 Å². The van der Waals surface area contributed by atoms with E-state index in [0.29, 0.717) is 12.8 Å². The molecule has 0 bridgehead atoms. The van der Waals surface area contributed by atoms with Gasteiger partial charge in [0.15, 0.2) is 0 Å². The molecule has 0 aromatic carbocycles. The van der Waals surface area contributed by atoms with Crippen molar-refractivity contribution in [2.24, 2.45) is 0 Å². The average Bonchev–Trinajstić information content (AvgIpc) is 2.29. The smallest absolute Gasteiger partial charge is 0.223 e. The third-order valence-corrected chi connectivity index (χ3v) is 2.24. The van der Waals surface area contributed by atoms with Crippen LogP contribution in [0.25, 0.3) is 0 Å². The molecule has 0 aromatic rings. The second-order valence-corrected chi connectivity index (χ2v) is 3.30. The van der Waals surface area contributed by atoms with Crippen LogP contribution in [-0.4, -0.2) is 23.9 Å². The van der Waals surface area contributed by atoms with Gasteiger partial charge >= 0.3 is 0 Å². The van der Waals surface area contributed by atoms with E-state index in [-0.39, 0.29) is 5.91 Å². The molecule has 0 aromatic heterocycles. The molecule has 0 N–H and O–H groups in total. The van der Waals surface area contributed by atoms with Crippen molar-refractivity contribution in [2.45, 2.75) is 40.0 Å². The van der Waals surface area contributed by atoms with Crippen LogP contribution in [0.15, 0.2) is 11.6 Å². The van der Waals surface area contributed by atoms with Crippen LogP contribution in [0.1, 0.15) is 40.0 Å². The molecular formula is C12H20N2O. The minimum absolute atomic E-state index is 0.102. The Kier molecular flexibility index (Phi) is 7.35. The van der Waals surface area contributed by atoms with Crippen LogP contribution >= 0.6 is 0 Å². The Labute approximate surface area is 92.4 Å². The van der Waals surface area contributed by atoms with Gasteiger partial charge in [-0.05, 0) is 13.3 Å². The fourth-order valence-corrected chi connectivity index (χ4v) is 1.32. The molecule has 0 atom stereocenters. The normalized spacial score (nSPS) is 14.5. The minimum atomic E-state index is 0.102. The molecule has 15 heavy (non-hydrogen) atoms. The van der Waals surface area contributed by atoms with Crippen molar-refractivity contribution in [1.29, 1.82) is 5.26 Å². The number of hydrogen-bond acceptors (Lipinski definition) is 2. The van der Waals surface area contributed by atoms with Gasteiger partial charge in [-0.2, -0.15) is 5.26 Å². The van der Waals surface area contributed by atoms with Gasteiger partial charge in [-0.3, -0.25) is 4.79 Å². The number of rotatable bonds is 2. The maximum atomic E-state index is 11.4. The summed E-state index contributed by atoms with van der Waals surface area (Å²) >= 11 is 0. The third kappa shape index (κ3) is 5.21. The first-order chi connectivity index (χ1) is 7.24. The van der Waals surface area contributed by atoms with Crippen LogP contribution in [0.5, 0.6) is 0 Å². The average molecular weight is 208 g/mol. The molecule has 0 saturated heterocycles. The lowest BCUT2D eigenvalue weighted by molar-refractivity contribution is -0.130. The van der Waals surface area contributed by atoms with Gasteiger partial charge in [-0.15, -0.1) is 0 Å². The Morgan fingerprint density at radius 3 is 2.73 bits per heavy atom. The summed E-state index contributed by atoms with van der Waals surface area (Å²) in [6, 6.07) is 1.98. The lowest BCUT2D eigenvalue weighted by Crippen LogP contribution is -2.34. The Balaban J connectivity index is 0.000000921. The molecule has 0 spiro atoms. The van der Waals surface area contributed by atoms with Crippen LogP contribution in [0.4, 0.5) is 0 Å². The van der Waals surface area contributed by atoms with Gasteiger partial charge in [-0.25, -0.2) is 0 Å². The molecule has 1 amide bonds. The molecule has 0 fully saturated rings. The number of nitriles is 1. The zero-order valence-electron chi connectivity index (χ0n) is 9.92. The van der Waals surface area contributed by atoms with Gasteiger partial charge in [0.25, 0.3) is 0 Å². The van der Waals surface area contributed by atoms with E-state index in [1.54, 1.807) is 0 Å². The van der Waals surface area contributed by atoms with Crippen molar-refractivity contribution in [3.63, 3.8) is 0 Å². The minimum Gasteiger partial charge on any atom is -0.339 e. The highest BCUT2D eigenvalue weighted by atomic mass is 16.2. The lowest BCUT2D eigenvalue weighted by atomic mass is 10.1. The van der Waals surface area contributed by atoms with Crippen molar-refractivity contribution in [3.8, 4) is 6.07 Å². The molecule has 0 radical (unpaired) electrons. The number of nitrogens with zero attached hydrogens (tertiary/aromatic N) is 2. The van der Waals surface area contributed by atoms with E-state index < -0.39 is 0 Å². The monoisotopic (exact) mass is 208 g/mol. The van der Waals surface area contributed by atoms with E-state index in [1.165, 1.54) is 5.57 Å². The SMILES string of the molecule is CC.CC1=CCN(C(=O)CCC#N)CC1. The number of hydrogen-bond donors (Lipinski definition) is 0. The summed E-state index contributed by atoms with van der Waals surface area (Å²) in [5.41, 5.74) is 1.35. The zero-order valence-corrected chi connectivity index (χ0v) is 9.92. The fraction of sp³-hybridized carbons (Fsp3) is 0.667. The van der Waals surface area contributed by atoms with Crippen molar-refractivity contribution in [1.82, 2.24) is 4.90 Å². The van der Waals surface area contributed by atoms with Crippen molar-refractivity contribution in [2.75, 3.05) is 13.1 Å². The second kappa shape index (κ2) is 8.05. The topological polar surface area (TPSA) is 44.1 Å². The molecule has 1 aliphatic heterocycles. The van der Waals surface area contributed by atoms with Crippen molar-refractivity contribution >= 4 is 5.91 Å². The summed E-state index contributed by atoms with van der Waals surface area (Å²) in [5, 5.41) is 8.32. The first-order valence-electron chi connectivity index (χ1n) is 5.54. The number of carbonyl (C=O) groups excluding carboxylic acids is 1. The maximum absolute atomic E-state index is 11.4. The highest BCUT2D eigenvalue weighted by Gasteiger charge is 2.14. The molecule has 1 aliphatic rings. The van der Waals surface area contributed by atoms with E-state index >= 15 is 0 Å². The summed E-state index contributed by atoms with van der Waals surface area (Å²) in [6.07, 6.45) is 3.74. The Morgan fingerprint density at radius 2 is 2.27 bits per heavy atom. The molecule has 1 heterocycles. The lowest BCUT2D eigenvalue weighted by Gasteiger charge is -2.25. The molecule has 3 nitrogen and oxygen atoms in total. The van der Waals surface area contributed by atoms with Crippen molar-refractivity contribution < 1.29 is 4.79 Å². The fourth-order valence-electron chi connectivity index (χ4n) is 1.32. The van der Waals surface area contributed by atoms with E-state index in [0.717, 1.165) is 19.5 Å². The molecule has 0 aliphatic carbocycles. The van der Waals surface area contributed by atoms with E-state index in [1.807, 2.05) is 24.8 Å². The van der Waals surface area contributed by atoms with Gasteiger partial charge in [0.1, 0.15) is 0 Å². The Hall–Kier alpha value is -1.30. The molecule has 0 saturated carbocycles. The predicted molar refractivity (Wildman–Crippen MR) is 61.1 cm³/mol. The zero-order chi connectivity index (χ0) is 11.7. The van der Waals surface area contributed by atoms with E-state index in [4.69, 9.17) is 5.26 Å². The summed E-state index contributed by atoms with van der Waals surface area (Å²) in [6.45, 7) is 7.61. The van der Waals surface area contributed by atoms with Gasteiger partial charge in [0.05, 0.1) is 6.07 Å². The van der Waals surface area contributed by atoms with Gasteiger partial charge in [0, 0.05) is 25.9 Å². The highest BCUT2D eigenvalue weighted by Crippen LogP contribution is 2.10. The molecule has 1 rings (SSSR count). The van der Waals surface area contributed by atoms with Gasteiger partial charge in [0.2, 0.25) is 5.91 Å². The Bertz CT molecular complexity index is 263. The quantitative estimate of drug-likeness (QED) is 0.654. The number of carbonyl (C=O) groups is 1. The van der Waals surface area contributed by atoms with Crippen LogP contribution in [0.2, 0.25) is 0 Å². The first kappa shape index (κ1) is 13.7. The Morgan fingerprint density at radius 1 is 1.60 bits per heavy atom. The molecule has 0 unspecified atom stereocenters. The highest BCUT2D eigenvalue weighted by molar-refractivity contribution is 5.76. The van der Waals surface area contributed by atoms with Crippen LogP contribution in [0, 0.1) is 11.3 Å². The second-order valence-electron chi connectivity index (χ2n) is 3.30. The van der Waals surface area contributed by atoms with E-state index in [9.17, 15) is 4.79 Å². The third-order valence-electron chi connectivity index (χ3n) is 2.24. The molecule has 3 heteroatoms. The van der Waals surface area contributed by atoms with Crippen molar-refractivity contribution in [3.05, 3.63) is 11.6 Å². The molecular weight excluding hydrogens is 188 g/mol. The summed E-state index contributed by atoms with van der Waals surface area (Å²) in [4.78, 5) is 13.2. The maximum Gasteiger partial charge on any atom is 0.223 e. The summed E-state index contributed by atoms with van der Waals surface area (Å²) < 4.78 is 0. The number of amides is 1. The predicted octanol–water partition coefficient (Wildman–Crippen LogP) is 2.49. The standard InChI is InChI=1S/C10H14N2O.C2H6/c1-9-4-7-12(8-5-9)10(13)3-2-6-11;1-2/h4H,2-3,5,7-8H2,1H3;1-2H3. The van der Waals surface area contributed by atoms with E-state index in [2.05, 4.69) is 13.0 Å². The first-order valence-corrected chi connectivity index (χ1v) is 5.54. The van der Waals surface area contributed by atoms with Gasteiger partial charge < -0.3 is 4.90 Å². The molecule has 84 valence electrons. The van der Waals surface area contributed by atoms with Crippen LogP contribution in [-0.2, 0) is 4.79 Å². The summed E-state index contributed by atoms with van der Waals surface area (Å²) in [5.74, 6) is 0.102. The van der Waals surface area contributed by atoms with Gasteiger partial charge in [-0.1, -0.05) is 25.5 Å². The largest absolute Gasteiger partial charge is 0.339 e. The van der Waals surface area contributed by atoms with Crippen LogP contribution < -0.4 is 0 Å².